The highest BCUT2D eigenvalue weighted by molar-refractivity contribution is 7.48. The molecule has 2 atom stereocenters. The number of allylic oxidation sites excluding steroid dienone is 7. The number of rotatable bonds is 4. The van der Waals surface area contributed by atoms with E-state index in [0.29, 0.717) is 6.04 Å². The van der Waals surface area contributed by atoms with Gasteiger partial charge < -0.3 is 4.90 Å². The first-order chi connectivity index (χ1) is 8.08. The van der Waals surface area contributed by atoms with Crippen LogP contribution >= 0.6 is 8.58 Å². The Hall–Kier alpha value is -0.910. The van der Waals surface area contributed by atoms with Gasteiger partial charge in [-0.3, -0.25) is 0 Å². The van der Waals surface area contributed by atoms with Crippen LogP contribution in [0.5, 0.6) is 0 Å². The second-order valence-electron chi connectivity index (χ2n) is 4.81. The number of hydrogen-bond donors (Lipinski definition) is 0. The average molecular weight is 245 g/mol. The van der Waals surface area contributed by atoms with Gasteiger partial charge in [0.15, 0.2) is 0 Å². The molecule has 90 valence electrons. The smallest absolute Gasteiger partial charge is 0.0316 e. The van der Waals surface area contributed by atoms with Gasteiger partial charge in [0.05, 0.1) is 0 Å². The summed E-state index contributed by atoms with van der Waals surface area (Å²) in [6, 6.07) is 0.505. The average Bonchev–Trinajstić information content (AvgIpc) is 2.87. The third kappa shape index (κ3) is 2.86. The third-order valence-electron chi connectivity index (χ3n) is 3.31. The second-order valence-corrected chi connectivity index (χ2v) is 6.24. The molecule has 2 aliphatic carbocycles. The molecule has 1 nitrogen and oxygen atoms in total. The number of likely N-dealkylation sites (N-methyl/N-ethyl adjacent to an activating group) is 1. The van der Waals surface area contributed by atoms with Crippen LogP contribution in [-0.4, -0.2) is 25.0 Å². The third-order valence-corrected chi connectivity index (χ3v) is 4.70. The van der Waals surface area contributed by atoms with Crippen LogP contribution in [0.1, 0.15) is 13.3 Å². The molecule has 1 unspecified atom stereocenters. The zero-order valence-corrected chi connectivity index (χ0v) is 11.8. The first-order valence-corrected chi connectivity index (χ1v) is 6.99. The molecule has 0 aromatic carbocycles. The summed E-state index contributed by atoms with van der Waals surface area (Å²) < 4.78 is 0. The lowest BCUT2D eigenvalue weighted by Gasteiger charge is -2.22. The Bertz CT molecular complexity index is 450. The molecule has 2 aliphatic rings. The molecule has 0 bridgehead atoms. The molecule has 0 heterocycles. The van der Waals surface area contributed by atoms with Crippen LogP contribution in [0.4, 0.5) is 0 Å². The molecule has 0 aliphatic heterocycles. The fraction of sp³-hybridized carbons (Fsp3) is 0.333. The summed E-state index contributed by atoms with van der Waals surface area (Å²) in [5.74, 6) is 0. The molecule has 0 N–H and O–H groups in total. The van der Waals surface area contributed by atoms with Crippen molar-refractivity contribution in [1.82, 2.24) is 4.90 Å². The summed E-state index contributed by atoms with van der Waals surface area (Å²) in [5, 5.41) is 2.99. The largest absolute Gasteiger partial charge is 0.303 e. The Kier molecular flexibility index (Phi) is 3.81. The summed E-state index contributed by atoms with van der Waals surface area (Å²) >= 11 is 0. The van der Waals surface area contributed by atoms with Gasteiger partial charge in [-0.25, -0.2) is 0 Å². The molecule has 0 amide bonds. The molecule has 0 saturated heterocycles. The van der Waals surface area contributed by atoms with Crippen molar-refractivity contribution in [3.63, 3.8) is 0 Å². The molecule has 2 rings (SSSR count). The molecule has 0 spiro atoms. The molecule has 2 heteroatoms. The standard InChI is InChI=1S/C15H20NP/c1-11-8-9-13(10-11)17-15-7-5-6-14(15)12(2)16(3)4/h5-6,8-10,12,17H,1,7H2,2-4H3/t12-/m1/s1. The number of hydrogen-bond acceptors (Lipinski definition) is 1. The van der Waals surface area contributed by atoms with E-state index in [9.17, 15) is 0 Å². The van der Waals surface area contributed by atoms with E-state index in [2.05, 4.69) is 62.9 Å². The molecule has 0 saturated carbocycles. The summed E-state index contributed by atoms with van der Waals surface area (Å²) in [6.07, 6.45) is 12.2. The molecular formula is C15H20NP. The molecule has 0 aromatic rings. The van der Waals surface area contributed by atoms with Crippen molar-refractivity contribution >= 4 is 8.58 Å². The van der Waals surface area contributed by atoms with Gasteiger partial charge in [0.1, 0.15) is 0 Å². The fourth-order valence-electron chi connectivity index (χ4n) is 2.06. The van der Waals surface area contributed by atoms with Crippen LogP contribution < -0.4 is 0 Å². The van der Waals surface area contributed by atoms with Crippen molar-refractivity contribution in [2.45, 2.75) is 19.4 Å². The minimum Gasteiger partial charge on any atom is -0.303 e. The zero-order valence-electron chi connectivity index (χ0n) is 10.8. The Labute approximate surface area is 106 Å². The highest BCUT2D eigenvalue weighted by Gasteiger charge is 2.17. The predicted molar refractivity (Wildman–Crippen MR) is 78.6 cm³/mol. The maximum Gasteiger partial charge on any atom is 0.0316 e. The highest BCUT2D eigenvalue weighted by atomic mass is 31.1. The van der Waals surface area contributed by atoms with E-state index in [-0.39, 0.29) is 0 Å². The minimum absolute atomic E-state index is 0.505. The zero-order chi connectivity index (χ0) is 12.4. The van der Waals surface area contributed by atoms with Crippen LogP contribution in [0.3, 0.4) is 0 Å². The Morgan fingerprint density at radius 3 is 2.65 bits per heavy atom. The van der Waals surface area contributed by atoms with Crippen molar-refractivity contribution in [2.24, 2.45) is 0 Å². The SMILES string of the molecule is C=C1C=CC(PC2=C([C@@H](C)N(C)C)C=CC2)=C1. The monoisotopic (exact) mass is 245 g/mol. The molecule has 0 aromatic heterocycles. The predicted octanol–water partition coefficient (Wildman–Crippen LogP) is 3.84. The normalized spacial score (nSPS) is 21.4. The van der Waals surface area contributed by atoms with Gasteiger partial charge in [-0.1, -0.05) is 39.5 Å². The van der Waals surface area contributed by atoms with E-state index in [1.165, 1.54) is 10.9 Å². The molecule has 17 heavy (non-hydrogen) atoms. The lowest BCUT2D eigenvalue weighted by molar-refractivity contribution is 0.354. The van der Waals surface area contributed by atoms with E-state index in [1.807, 2.05) is 0 Å². The van der Waals surface area contributed by atoms with Crippen molar-refractivity contribution in [3.05, 3.63) is 58.7 Å². The van der Waals surface area contributed by atoms with Crippen molar-refractivity contribution in [3.8, 4) is 0 Å². The first-order valence-electron chi connectivity index (χ1n) is 5.99. The summed E-state index contributed by atoms with van der Waals surface area (Å²) in [7, 11) is 5.08. The lowest BCUT2D eigenvalue weighted by atomic mass is 10.1. The summed E-state index contributed by atoms with van der Waals surface area (Å²) in [6.45, 7) is 6.23. The maximum absolute atomic E-state index is 3.96. The van der Waals surface area contributed by atoms with Gasteiger partial charge >= 0.3 is 0 Å². The topological polar surface area (TPSA) is 3.24 Å². The maximum atomic E-state index is 3.96. The van der Waals surface area contributed by atoms with Crippen LogP contribution in [0.2, 0.25) is 0 Å². The molecule has 0 radical (unpaired) electrons. The summed E-state index contributed by atoms with van der Waals surface area (Å²) in [5.41, 5.74) is 2.63. The van der Waals surface area contributed by atoms with E-state index < -0.39 is 0 Å². The van der Waals surface area contributed by atoms with E-state index in [0.717, 1.165) is 20.6 Å². The van der Waals surface area contributed by atoms with Crippen LogP contribution in [0.25, 0.3) is 0 Å². The Morgan fingerprint density at radius 1 is 1.29 bits per heavy atom. The Balaban J connectivity index is 2.15. The quantitative estimate of drug-likeness (QED) is 0.680. The van der Waals surface area contributed by atoms with Gasteiger partial charge in [-0.2, -0.15) is 0 Å². The first kappa shape index (κ1) is 12.5. The van der Waals surface area contributed by atoms with Crippen LogP contribution in [0.15, 0.2) is 58.7 Å². The second kappa shape index (κ2) is 5.16. The lowest BCUT2D eigenvalue weighted by Crippen LogP contribution is -2.26. The fourth-order valence-corrected chi connectivity index (χ4v) is 3.49. The number of nitrogens with zero attached hydrogens (tertiary/aromatic N) is 1. The van der Waals surface area contributed by atoms with Crippen molar-refractivity contribution in [2.75, 3.05) is 14.1 Å². The highest BCUT2D eigenvalue weighted by Crippen LogP contribution is 2.44. The summed E-state index contributed by atoms with van der Waals surface area (Å²) in [4.78, 5) is 2.27. The molecule has 0 fully saturated rings. The minimum atomic E-state index is 0.505. The van der Waals surface area contributed by atoms with Crippen LogP contribution in [-0.2, 0) is 0 Å². The van der Waals surface area contributed by atoms with E-state index in [1.54, 1.807) is 5.31 Å². The van der Waals surface area contributed by atoms with Gasteiger partial charge in [-0.15, -0.1) is 0 Å². The van der Waals surface area contributed by atoms with Gasteiger partial charge in [0, 0.05) is 6.04 Å². The molecular weight excluding hydrogens is 225 g/mol. The van der Waals surface area contributed by atoms with Gasteiger partial charge in [0.2, 0.25) is 0 Å². The van der Waals surface area contributed by atoms with E-state index in [4.69, 9.17) is 0 Å². The Morgan fingerprint density at radius 2 is 2.06 bits per heavy atom. The van der Waals surface area contributed by atoms with Gasteiger partial charge in [-0.05, 0) is 55.3 Å². The van der Waals surface area contributed by atoms with E-state index >= 15 is 0 Å². The van der Waals surface area contributed by atoms with Gasteiger partial charge in [0.25, 0.3) is 0 Å². The van der Waals surface area contributed by atoms with Crippen molar-refractivity contribution in [1.29, 1.82) is 0 Å². The van der Waals surface area contributed by atoms with Crippen LogP contribution in [0, 0.1) is 0 Å². The van der Waals surface area contributed by atoms with Crippen molar-refractivity contribution < 1.29 is 0 Å².